The van der Waals surface area contributed by atoms with Crippen molar-refractivity contribution in [1.82, 2.24) is 20.4 Å². The van der Waals surface area contributed by atoms with Crippen LogP contribution in [0.1, 0.15) is 37.2 Å². The van der Waals surface area contributed by atoms with Crippen molar-refractivity contribution in [3.63, 3.8) is 0 Å². The molecule has 30 heavy (non-hydrogen) atoms. The van der Waals surface area contributed by atoms with Crippen LogP contribution in [-0.2, 0) is 13.0 Å². The molecule has 0 aliphatic heterocycles. The van der Waals surface area contributed by atoms with E-state index >= 15 is 0 Å². The zero-order chi connectivity index (χ0) is 21.9. The monoisotopic (exact) mass is 415 g/mol. The van der Waals surface area contributed by atoms with Crippen LogP contribution in [-0.4, -0.2) is 49.6 Å². The fraction of sp³-hybridized carbons (Fsp3) is 0.565. The summed E-state index contributed by atoms with van der Waals surface area (Å²) in [5.41, 5.74) is 3.51. The topological polar surface area (TPSA) is 72.7 Å². The molecule has 2 rings (SSSR count). The van der Waals surface area contributed by atoms with Gasteiger partial charge in [0.05, 0.1) is 19.4 Å². The Hall–Kier alpha value is -2.70. The van der Waals surface area contributed by atoms with Gasteiger partial charge in [-0.25, -0.2) is 0 Å². The molecule has 166 valence electrons. The molecule has 0 amide bonds. The van der Waals surface area contributed by atoms with Crippen molar-refractivity contribution in [2.24, 2.45) is 10.9 Å². The van der Waals surface area contributed by atoms with Gasteiger partial charge in [-0.1, -0.05) is 13.0 Å². The highest BCUT2D eigenvalue weighted by Gasteiger charge is 2.09. The summed E-state index contributed by atoms with van der Waals surface area (Å²) in [6.45, 7) is 11.5. The number of hydrogen-bond acceptors (Lipinski definition) is 4. The van der Waals surface area contributed by atoms with E-state index in [-0.39, 0.29) is 0 Å². The summed E-state index contributed by atoms with van der Waals surface area (Å²) < 4.78 is 13.1. The average Bonchev–Trinajstić information content (AvgIpc) is 3.04. The molecule has 7 nitrogen and oxygen atoms in total. The zero-order valence-electron chi connectivity index (χ0n) is 19.3. The van der Waals surface area contributed by atoms with Gasteiger partial charge in [-0.3, -0.25) is 9.67 Å². The number of aryl methyl sites for hydroxylation is 3. The maximum absolute atomic E-state index is 5.66. The van der Waals surface area contributed by atoms with E-state index in [1.54, 1.807) is 14.2 Å². The summed E-state index contributed by atoms with van der Waals surface area (Å²) in [7, 11) is 3.47. The first-order chi connectivity index (χ1) is 14.5. The highest BCUT2D eigenvalue weighted by molar-refractivity contribution is 5.79. The summed E-state index contributed by atoms with van der Waals surface area (Å²) in [5.74, 6) is 2.86. The number of rotatable bonds is 11. The molecule has 0 spiro atoms. The molecule has 1 aromatic carbocycles. The minimum Gasteiger partial charge on any atom is -0.493 e. The van der Waals surface area contributed by atoms with Crippen LogP contribution in [0, 0.1) is 19.8 Å². The minimum absolute atomic E-state index is 0.442. The first-order valence-corrected chi connectivity index (χ1v) is 10.7. The third kappa shape index (κ3) is 7.28. The quantitative estimate of drug-likeness (QED) is 0.335. The van der Waals surface area contributed by atoms with E-state index in [0.29, 0.717) is 12.5 Å². The molecule has 0 fully saturated rings. The number of hydrogen-bond donors (Lipinski definition) is 2. The van der Waals surface area contributed by atoms with E-state index in [1.165, 1.54) is 11.3 Å². The summed E-state index contributed by atoms with van der Waals surface area (Å²) in [6.07, 6.45) is 1.96. The predicted octanol–water partition coefficient (Wildman–Crippen LogP) is 3.34. The summed E-state index contributed by atoms with van der Waals surface area (Å²) in [6, 6.07) is 8.24. The second-order valence-electron chi connectivity index (χ2n) is 7.62. The molecule has 2 aromatic rings. The van der Waals surface area contributed by atoms with E-state index in [0.717, 1.165) is 55.6 Å². The zero-order valence-corrected chi connectivity index (χ0v) is 19.3. The first kappa shape index (κ1) is 23.6. The highest BCUT2D eigenvalue weighted by Crippen LogP contribution is 2.28. The van der Waals surface area contributed by atoms with Gasteiger partial charge in [0.15, 0.2) is 17.5 Å². The maximum Gasteiger partial charge on any atom is 0.190 e. The molecule has 0 aliphatic rings. The van der Waals surface area contributed by atoms with Crippen molar-refractivity contribution >= 4 is 5.96 Å². The van der Waals surface area contributed by atoms with E-state index in [2.05, 4.69) is 57.5 Å². The van der Waals surface area contributed by atoms with Gasteiger partial charge in [-0.2, -0.15) is 5.10 Å². The smallest absolute Gasteiger partial charge is 0.190 e. The van der Waals surface area contributed by atoms with Gasteiger partial charge in [-0.05, 0) is 63.3 Å². The second kappa shape index (κ2) is 12.1. The molecular formula is C23H37N5O2. The SMILES string of the molecule is CCOc1cc(CCCNC(=NC)NCC(C)Cn2nc(C)cc2C)ccc1OC. The summed E-state index contributed by atoms with van der Waals surface area (Å²) in [4.78, 5) is 4.33. The molecule has 0 radical (unpaired) electrons. The van der Waals surface area contributed by atoms with E-state index < -0.39 is 0 Å². The number of benzene rings is 1. The van der Waals surface area contributed by atoms with Crippen molar-refractivity contribution in [1.29, 1.82) is 0 Å². The first-order valence-electron chi connectivity index (χ1n) is 10.7. The Bertz CT molecular complexity index is 816. The lowest BCUT2D eigenvalue weighted by Gasteiger charge is -2.17. The second-order valence-corrected chi connectivity index (χ2v) is 7.62. The van der Waals surface area contributed by atoms with Crippen LogP contribution in [0.3, 0.4) is 0 Å². The van der Waals surface area contributed by atoms with E-state index in [9.17, 15) is 0 Å². The Labute approximate surface area is 180 Å². The Morgan fingerprint density at radius 1 is 1.20 bits per heavy atom. The number of methoxy groups -OCH3 is 1. The number of guanidine groups is 1. The molecule has 1 aromatic heterocycles. The molecule has 2 N–H and O–H groups in total. The van der Waals surface area contributed by atoms with Crippen LogP contribution < -0.4 is 20.1 Å². The molecule has 1 unspecified atom stereocenters. The van der Waals surface area contributed by atoms with Crippen LogP contribution in [0.5, 0.6) is 11.5 Å². The van der Waals surface area contributed by atoms with Gasteiger partial charge >= 0.3 is 0 Å². The number of nitrogens with one attached hydrogen (secondary N) is 2. The number of aromatic nitrogens is 2. The van der Waals surface area contributed by atoms with Crippen molar-refractivity contribution in [2.75, 3.05) is 33.9 Å². The molecular weight excluding hydrogens is 378 g/mol. The van der Waals surface area contributed by atoms with Gasteiger partial charge < -0.3 is 20.1 Å². The Morgan fingerprint density at radius 2 is 2.00 bits per heavy atom. The maximum atomic E-state index is 5.66. The molecule has 0 aliphatic carbocycles. The molecule has 0 bridgehead atoms. The van der Waals surface area contributed by atoms with Crippen molar-refractivity contribution in [3.8, 4) is 11.5 Å². The fourth-order valence-corrected chi connectivity index (χ4v) is 3.36. The van der Waals surface area contributed by atoms with E-state index in [1.807, 2.05) is 19.9 Å². The van der Waals surface area contributed by atoms with Gasteiger partial charge in [0.25, 0.3) is 0 Å². The highest BCUT2D eigenvalue weighted by atomic mass is 16.5. The molecule has 0 saturated heterocycles. The third-order valence-corrected chi connectivity index (χ3v) is 4.89. The van der Waals surface area contributed by atoms with Crippen LogP contribution in [0.25, 0.3) is 0 Å². The molecule has 1 atom stereocenters. The van der Waals surface area contributed by atoms with Crippen molar-refractivity contribution in [2.45, 2.75) is 47.1 Å². The number of ether oxygens (including phenoxy) is 2. The van der Waals surface area contributed by atoms with Gasteiger partial charge in [0, 0.05) is 32.4 Å². The summed E-state index contributed by atoms with van der Waals surface area (Å²) >= 11 is 0. The normalized spacial score (nSPS) is 12.5. The van der Waals surface area contributed by atoms with Crippen LogP contribution in [0.15, 0.2) is 29.3 Å². The lowest BCUT2D eigenvalue weighted by Crippen LogP contribution is -2.40. The predicted molar refractivity (Wildman–Crippen MR) is 123 cm³/mol. The van der Waals surface area contributed by atoms with Crippen LogP contribution in [0.2, 0.25) is 0 Å². The van der Waals surface area contributed by atoms with E-state index in [4.69, 9.17) is 9.47 Å². The van der Waals surface area contributed by atoms with Crippen LogP contribution in [0.4, 0.5) is 0 Å². The molecule has 1 heterocycles. The van der Waals surface area contributed by atoms with Crippen molar-refractivity contribution < 1.29 is 9.47 Å². The van der Waals surface area contributed by atoms with Crippen LogP contribution >= 0.6 is 0 Å². The minimum atomic E-state index is 0.442. The number of nitrogens with zero attached hydrogens (tertiary/aromatic N) is 3. The average molecular weight is 416 g/mol. The Balaban J connectivity index is 1.73. The van der Waals surface area contributed by atoms with Gasteiger partial charge in [-0.15, -0.1) is 0 Å². The largest absolute Gasteiger partial charge is 0.493 e. The standard InChI is InChI=1S/C23H37N5O2/c1-7-30-22-14-20(10-11-21(22)29-6)9-8-12-25-23(24-5)26-15-17(2)16-28-19(4)13-18(3)27-28/h10-11,13-14,17H,7-9,12,15-16H2,1-6H3,(H2,24,25,26). The fourth-order valence-electron chi connectivity index (χ4n) is 3.36. The van der Waals surface area contributed by atoms with Gasteiger partial charge in [0.2, 0.25) is 0 Å². The lowest BCUT2D eigenvalue weighted by molar-refractivity contribution is 0.310. The Kier molecular flexibility index (Phi) is 9.51. The van der Waals surface area contributed by atoms with Crippen molar-refractivity contribution in [3.05, 3.63) is 41.2 Å². The molecule has 0 saturated carbocycles. The lowest BCUT2D eigenvalue weighted by atomic mass is 10.1. The summed E-state index contributed by atoms with van der Waals surface area (Å²) in [5, 5.41) is 11.4. The third-order valence-electron chi connectivity index (χ3n) is 4.89. The Morgan fingerprint density at radius 3 is 2.63 bits per heavy atom. The molecule has 7 heteroatoms. The van der Waals surface area contributed by atoms with Gasteiger partial charge in [0.1, 0.15) is 0 Å². The number of aliphatic imine (C=N–C) groups is 1.